The smallest absolute Gasteiger partial charge is 0.0920 e. The van der Waals surface area contributed by atoms with Gasteiger partial charge in [0.25, 0.3) is 0 Å². The van der Waals surface area contributed by atoms with Crippen LogP contribution in [0.25, 0.3) is 0 Å². The Morgan fingerprint density at radius 3 is 2.14 bits per heavy atom. The molecule has 3 rings (SSSR count). The molecule has 0 aliphatic carbocycles. The molecule has 5 nitrogen and oxygen atoms in total. The summed E-state index contributed by atoms with van der Waals surface area (Å²) in [6.07, 6.45) is 0.0166. The number of aliphatic hydroxyl groups is 4. The number of rotatable bonds is 7. The van der Waals surface area contributed by atoms with E-state index < -0.39 is 17.8 Å². The first-order chi connectivity index (χ1) is 13.4. The molecule has 2 unspecified atom stereocenters. The van der Waals surface area contributed by atoms with Gasteiger partial charge in [-0.1, -0.05) is 48.0 Å². The van der Waals surface area contributed by atoms with Crippen molar-refractivity contribution in [1.82, 2.24) is 4.90 Å². The minimum atomic E-state index is -0.861. The third kappa shape index (κ3) is 5.32. The molecule has 0 aromatic heterocycles. The number of nitrogens with zero attached hydrogens (tertiary/aromatic N) is 1. The number of halogens is 1. The molecule has 1 aliphatic heterocycles. The summed E-state index contributed by atoms with van der Waals surface area (Å²) < 4.78 is 0. The highest BCUT2D eigenvalue weighted by atomic mass is 35.5. The largest absolute Gasteiger partial charge is 0.392 e. The van der Waals surface area contributed by atoms with Crippen LogP contribution in [0.3, 0.4) is 0 Å². The molecule has 1 heterocycles. The molecule has 2 aromatic carbocycles. The van der Waals surface area contributed by atoms with Crippen LogP contribution < -0.4 is 0 Å². The summed E-state index contributed by atoms with van der Waals surface area (Å²) in [5.74, 6) is 0. The molecule has 0 bridgehead atoms. The van der Waals surface area contributed by atoms with Gasteiger partial charge in [-0.2, -0.15) is 0 Å². The summed E-state index contributed by atoms with van der Waals surface area (Å²) in [6, 6.07) is 14.4. The number of aliphatic hydroxyl groups excluding tert-OH is 3. The summed E-state index contributed by atoms with van der Waals surface area (Å²) in [4.78, 5) is 2.12. The predicted molar refractivity (Wildman–Crippen MR) is 109 cm³/mol. The Balaban J connectivity index is 1.49. The average Bonchev–Trinajstić information content (AvgIpc) is 2.70. The number of piperidine rings is 1. The number of likely N-dealkylation sites (tertiary alicyclic amines) is 1. The van der Waals surface area contributed by atoms with E-state index in [9.17, 15) is 15.3 Å². The van der Waals surface area contributed by atoms with Crippen LogP contribution in [0, 0.1) is 0 Å². The van der Waals surface area contributed by atoms with Gasteiger partial charge in [0.2, 0.25) is 0 Å². The summed E-state index contributed by atoms with van der Waals surface area (Å²) in [7, 11) is 0. The Kier molecular flexibility index (Phi) is 7.10. The monoisotopic (exact) mass is 405 g/mol. The third-order valence-electron chi connectivity index (χ3n) is 5.58. The van der Waals surface area contributed by atoms with Crippen molar-refractivity contribution in [2.45, 2.75) is 43.7 Å². The van der Waals surface area contributed by atoms with E-state index in [4.69, 9.17) is 16.7 Å². The molecule has 1 aliphatic rings. The van der Waals surface area contributed by atoms with Gasteiger partial charge in [0.1, 0.15) is 0 Å². The quantitative estimate of drug-likeness (QED) is 0.569. The van der Waals surface area contributed by atoms with Crippen molar-refractivity contribution in [2.24, 2.45) is 0 Å². The first-order valence-corrected chi connectivity index (χ1v) is 10.0. The van der Waals surface area contributed by atoms with Crippen LogP contribution >= 0.6 is 11.6 Å². The second-order valence-electron chi connectivity index (χ2n) is 7.64. The maximum Gasteiger partial charge on any atom is 0.0920 e. The lowest BCUT2D eigenvalue weighted by Crippen LogP contribution is -2.45. The Morgan fingerprint density at radius 2 is 1.57 bits per heavy atom. The van der Waals surface area contributed by atoms with Gasteiger partial charge in [-0.15, -0.1) is 0 Å². The molecule has 0 saturated carbocycles. The van der Waals surface area contributed by atoms with Gasteiger partial charge >= 0.3 is 0 Å². The van der Waals surface area contributed by atoms with E-state index in [0.717, 1.165) is 16.7 Å². The fourth-order valence-corrected chi connectivity index (χ4v) is 3.89. The third-order valence-corrected chi connectivity index (χ3v) is 5.83. The molecular weight excluding hydrogens is 378 g/mol. The Morgan fingerprint density at radius 1 is 0.964 bits per heavy atom. The molecule has 6 heteroatoms. The van der Waals surface area contributed by atoms with Crippen molar-refractivity contribution in [2.75, 3.05) is 19.6 Å². The number of β-amino-alcohol motifs (C(OH)–C–C–N with tert-alkyl or cyclic N) is 1. The standard InChI is InChI=1S/C22H28ClNO4/c23-19-7-5-18(6-8-19)22(28)9-11-24(12-10-22)14-20(26)13-21(27)17-3-1-16(15-25)2-4-17/h1-8,20-21,25-28H,9-15H2. The van der Waals surface area contributed by atoms with Crippen molar-refractivity contribution in [3.8, 4) is 0 Å². The van der Waals surface area contributed by atoms with Gasteiger partial charge in [-0.05, 0) is 41.7 Å². The number of hydrogen-bond donors (Lipinski definition) is 4. The lowest BCUT2D eigenvalue weighted by Gasteiger charge is -2.39. The fraction of sp³-hybridized carbons (Fsp3) is 0.455. The molecule has 1 saturated heterocycles. The maximum atomic E-state index is 10.9. The molecule has 0 spiro atoms. The highest BCUT2D eigenvalue weighted by Gasteiger charge is 2.34. The topological polar surface area (TPSA) is 84.2 Å². The Bertz CT molecular complexity index is 742. The van der Waals surface area contributed by atoms with Crippen LogP contribution in [0.5, 0.6) is 0 Å². The van der Waals surface area contributed by atoms with E-state index in [1.807, 2.05) is 12.1 Å². The summed E-state index contributed by atoms with van der Waals surface area (Å²) in [5, 5.41) is 41.4. The van der Waals surface area contributed by atoms with Crippen molar-refractivity contribution < 1.29 is 20.4 Å². The second kappa shape index (κ2) is 9.35. The van der Waals surface area contributed by atoms with Gasteiger partial charge < -0.3 is 25.3 Å². The van der Waals surface area contributed by atoms with Crippen LogP contribution in [0.2, 0.25) is 5.02 Å². The highest BCUT2D eigenvalue weighted by molar-refractivity contribution is 6.30. The van der Waals surface area contributed by atoms with E-state index in [-0.39, 0.29) is 13.0 Å². The predicted octanol–water partition coefficient (Wildman–Crippen LogP) is 2.60. The average molecular weight is 406 g/mol. The molecule has 2 atom stereocenters. The Hall–Kier alpha value is -1.47. The van der Waals surface area contributed by atoms with Crippen LogP contribution in [-0.4, -0.2) is 51.1 Å². The van der Waals surface area contributed by atoms with E-state index in [2.05, 4.69) is 4.90 Å². The Labute approximate surface area is 170 Å². The minimum Gasteiger partial charge on any atom is -0.392 e. The van der Waals surface area contributed by atoms with E-state index in [1.165, 1.54) is 0 Å². The van der Waals surface area contributed by atoms with E-state index >= 15 is 0 Å². The van der Waals surface area contributed by atoms with Gasteiger partial charge in [-0.25, -0.2) is 0 Å². The van der Waals surface area contributed by atoms with E-state index in [0.29, 0.717) is 37.5 Å². The second-order valence-corrected chi connectivity index (χ2v) is 8.08. The van der Waals surface area contributed by atoms with Gasteiger partial charge in [-0.3, -0.25) is 0 Å². The molecule has 0 amide bonds. The van der Waals surface area contributed by atoms with Crippen LogP contribution in [0.15, 0.2) is 48.5 Å². The summed E-state index contributed by atoms with van der Waals surface area (Å²) in [6.45, 7) is 1.79. The van der Waals surface area contributed by atoms with Crippen LogP contribution in [0.4, 0.5) is 0 Å². The molecule has 1 fully saturated rings. The zero-order chi connectivity index (χ0) is 20.1. The van der Waals surface area contributed by atoms with Crippen molar-refractivity contribution in [3.05, 3.63) is 70.2 Å². The zero-order valence-electron chi connectivity index (χ0n) is 15.8. The minimum absolute atomic E-state index is 0.0314. The number of hydrogen-bond acceptors (Lipinski definition) is 5. The van der Waals surface area contributed by atoms with Crippen LogP contribution in [-0.2, 0) is 12.2 Å². The van der Waals surface area contributed by atoms with Crippen molar-refractivity contribution in [3.63, 3.8) is 0 Å². The van der Waals surface area contributed by atoms with Gasteiger partial charge in [0.05, 0.1) is 24.4 Å². The highest BCUT2D eigenvalue weighted by Crippen LogP contribution is 2.33. The SMILES string of the molecule is OCc1ccc(C(O)CC(O)CN2CCC(O)(c3ccc(Cl)cc3)CC2)cc1. The van der Waals surface area contributed by atoms with Crippen molar-refractivity contribution in [1.29, 1.82) is 0 Å². The molecular formula is C22H28ClNO4. The van der Waals surface area contributed by atoms with Crippen LogP contribution in [0.1, 0.15) is 42.1 Å². The first-order valence-electron chi connectivity index (χ1n) is 9.66. The molecule has 4 N–H and O–H groups in total. The summed E-state index contributed by atoms with van der Waals surface area (Å²) in [5.41, 5.74) is 1.53. The van der Waals surface area contributed by atoms with E-state index in [1.54, 1.807) is 36.4 Å². The van der Waals surface area contributed by atoms with Gasteiger partial charge in [0.15, 0.2) is 0 Å². The fourth-order valence-electron chi connectivity index (χ4n) is 3.77. The van der Waals surface area contributed by atoms with Gasteiger partial charge in [0, 0.05) is 31.1 Å². The summed E-state index contributed by atoms with van der Waals surface area (Å²) >= 11 is 5.93. The zero-order valence-corrected chi connectivity index (χ0v) is 16.6. The molecule has 152 valence electrons. The number of benzene rings is 2. The normalized spacial score (nSPS) is 19.3. The maximum absolute atomic E-state index is 10.9. The molecule has 2 aromatic rings. The lowest BCUT2D eigenvalue weighted by atomic mass is 9.84. The lowest BCUT2D eigenvalue weighted by molar-refractivity contribution is -0.0378. The first kappa shape index (κ1) is 21.2. The van der Waals surface area contributed by atoms with Crippen molar-refractivity contribution >= 4 is 11.6 Å². The molecule has 0 radical (unpaired) electrons. The molecule has 28 heavy (non-hydrogen) atoms.